The van der Waals surface area contributed by atoms with Gasteiger partial charge in [0.05, 0.1) is 18.1 Å². The quantitative estimate of drug-likeness (QED) is 0.783. The van der Waals surface area contributed by atoms with E-state index in [0.717, 1.165) is 35.5 Å². The Labute approximate surface area is 120 Å². The molecule has 0 saturated heterocycles. The lowest BCUT2D eigenvalue weighted by Gasteiger charge is -2.16. The number of aromatic nitrogens is 4. The third-order valence-electron chi connectivity index (χ3n) is 4.67. The molecule has 0 bridgehead atoms. The molecule has 0 aromatic carbocycles. The second kappa shape index (κ2) is 4.69. The monoisotopic (exact) mass is 270 g/mol. The topological polar surface area (TPSA) is 43.6 Å². The zero-order valence-corrected chi connectivity index (χ0v) is 12.7. The molecule has 1 aliphatic rings. The van der Waals surface area contributed by atoms with Gasteiger partial charge in [0.25, 0.3) is 0 Å². The Kier molecular flexibility index (Phi) is 3.11. The summed E-state index contributed by atoms with van der Waals surface area (Å²) in [4.78, 5) is 13.5. The molecule has 0 aliphatic heterocycles. The lowest BCUT2D eigenvalue weighted by molar-refractivity contribution is 0.438. The Hall–Kier alpha value is -1.71. The predicted octanol–water partition coefficient (Wildman–Crippen LogP) is 3.61. The maximum atomic E-state index is 4.60. The summed E-state index contributed by atoms with van der Waals surface area (Å²) in [6.07, 6.45) is 4.20. The number of allylic oxidation sites excluding steroid dienone is 1. The highest BCUT2D eigenvalue weighted by Gasteiger charge is 2.35. The van der Waals surface area contributed by atoms with E-state index in [2.05, 4.69) is 39.9 Å². The van der Waals surface area contributed by atoms with Gasteiger partial charge in [0.15, 0.2) is 5.65 Å². The molecule has 1 saturated carbocycles. The molecule has 106 valence electrons. The molecule has 20 heavy (non-hydrogen) atoms. The maximum Gasteiger partial charge on any atom is 0.164 e. The van der Waals surface area contributed by atoms with Gasteiger partial charge in [0.1, 0.15) is 11.3 Å². The summed E-state index contributed by atoms with van der Waals surface area (Å²) in [5, 5.41) is 0. The highest BCUT2D eigenvalue weighted by molar-refractivity contribution is 5.73. The van der Waals surface area contributed by atoms with Crippen LogP contribution in [0.1, 0.15) is 44.2 Å². The van der Waals surface area contributed by atoms with Crippen molar-refractivity contribution in [3.8, 4) is 0 Å². The van der Waals surface area contributed by atoms with Crippen molar-refractivity contribution in [3.63, 3.8) is 0 Å². The standard InChI is InChI=1S/C16H22N4/c1-6-13-9(2)7-14(10(13)3)20-8-17-15-11(4)18-12(5)19-16(15)20/h8-9,13-14H,3,6-7H2,1-2,4-5H3/t9-,13+,14-/m0/s1. The molecule has 0 radical (unpaired) electrons. The lowest BCUT2D eigenvalue weighted by Crippen LogP contribution is -2.08. The number of fused-ring (bicyclic) bond motifs is 1. The van der Waals surface area contributed by atoms with E-state index in [-0.39, 0.29) is 0 Å². The van der Waals surface area contributed by atoms with Gasteiger partial charge in [-0.3, -0.25) is 0 Å². The van der Waals surface area contributed by atoms with E-state index >= 15 is 0 Å². The number of rotatable bonds is 2. The molecule has 4 heteroatoms. The van der Waals surface area contributed by atoms with Crippen molar-refractivity contribution < 1.29 is 0 Å². The minimum absolute atomic E-state index is 0.327. The van der Waals surface area contributed by atoms with Gasteiger partial charge in [-0.05, 0) is 38.5 Å². The molecule has 3 atom stereocenters. The highest BCUT2D eigenvalue weighted by Crippen LogP contribution is 2.45. The van der Waals surface area contributed by atoms with Crippen LogP contribution in [0.3, 0.4) is 0 Å². The maximum absolute atomic E-state index is 4.60. The predicted molar refractivity (Wildman–Crippen MR) is 80.5 cm³/mol. The Morgan fingerprint density at radius 1 is 1.35 bits per heavy atom. The SMILES string of the molecule is C=C1[C@H](CC)[C@@H](C)C[C@@H]1n1cnc2c(C)nc(C)nc21. The van der Waals surface area contributed by atoms with Crippen molar-refractivity contribution in [1.29, 1.82) is 0 Å². The average molecular weight is 270 g/mol. The van der Waals surface area contributed by atoms with Crippen molar-refractivity contribution in [2.45, 2.75) is 46.6 Å². The summed E-state index contributed by atoms with van der Waals surface area (Å²) in [5.41, 5.74) is 4.14. The van der Waals surface area contributed by atoms with Crippen LogP contribution in [0, 0.1) is 25.7 Å². The Bertz CT molecular complexity index is 670. The molecule has 0 N–H and O–H groups in total. The first-order chi connectivity index (χ1) is 9.52. The smallest absolute Gasteiger partial charge is 0.164 e. The number of imidazole rings is 1. The van der Waals surface area contributed by atoms with E-state index < -0.39 is 0 Å². The van der Waals surface area contributed by atoms with Gasteiger partial charge in [0, 0.05) is 0 Å². The fourth-order valence-corrected chi connectivity index (χ4v) is 3.66. The fourth-order valence-electron chi connectivity index (χ4n) is 3.66. The fraction of sp³-hybridized carbons (Fsp3) is 0.562. The normalized spacial score (nSPS) is 26.6. The summed E-state index contributed by atoms with van der Waals surface area (Å²) < 4.78 is 2.20. The van der Waals surface area contributed by atoms with Gasteiger partial charge < -0.3 is 4.57 Å². The first kappa shape index (κ1) is 13.3. The molecule has 3 rings (SSSR count). The first-order valence-corrected chi connectivity index (χ1v) is 7.39. The van der Waals surface area contributed by atoms with Crippen LogP contribution in [0.5, 0.6) is 0 Å². The van der Waals surface area contributed by atoms with E-state index in [9.17, 15) is 0 Å². The molecular weight excluding hydrogens is 248 g/mol. The van der Waals surface area contributed by atoms with E-state index in [4.69, 9.17) is 0 Å². The third kappa shape index (κ3) is 1.86. The summed E-state index contributed by atoms with van der Waals surface area (Å²) in [6.45, 7) is 12.9. The van der Waals surface area contributed by atoms with Crippen molar-refractivity contribution in [3.05, 3.63) is 30.0 Å². The van der Waals surface area contributed by atoms with E-state index in [0.29, 0.717) is 17.9 Å². The lowest BCUT2D eigenvalue weighted by atomic mass is 9.93. The van der Waals surface area contributed by atoms with Crippen molar-refractivity contribution >= 4 is 11.2 Å². The van der Waals surface area contributed by atoms with E-state index in [1.807, 2.05) is 20.2 Å². The van der Waals surface area contributed by atoms with Crippen LogP contribution < -0.4 is 0 Å². The molecule has 1 fully saturated rings. The largest absolute Gasteiger partial charge is 0.308 e. The molecule has 2 aromatic rings. The summed E-state index contributed by atoms with van der Waals surface area (Å²) >= 11 is 0. The van der Waals surface area contributed by atoms with Crippen LogP contribution >= 0.6 is 0 Å². The van der Waals surface area contributed by atoms with Crippen molar-refractivity contribution in [2.75, 3.05) is 0 Å². The summed E-state index contributed by atoms with van der Waals surface area (Å²) in [6, 6.07) is 0.327. The number of nitrogens with zero attached hydrogens (tertiary/aromatic N) is 4. The van der Waals surface area contributed by atoms with Crippen molar-refractivity contribution in [2.24, 2.45) is 11.8 Å². The number of hydrogen-bond acceptors (Lipinski definition) is 3. The Balaban J connectivity index is 2.10. The van der Waals surface area contributed by atoms with Gasteiger partial charge in [-0.2, -0.15) is 0 Å². The highest BCUT2D eigenvalue weighted by atomic mass is 15.1. The van der Waals surface area contributed by atoms with Crippen LogP contribution in [-0.4, -0.2) is 19.5 Å². The molecule has 2 heterocycles. The Morgan fingerprint density at radius 3 is 2.75 bits per heavy atom. The van der Waals surface area contributed by atoms with Crippen LogP contribution in [0.15, 0.2) is 18.5 Å². The van der Waals surface area contributed by atoms with Gasteiger partial charge in [-0.1, -0.05) is 26.0 Å². The van der Waals surface area contributed by atoms with Crippen LogP contribution in [0.4, 0.5) is 0 Å². The summed E-state index contributed by atoms with van der Waals surface area (Å²) in [7, 11) is 0. The molecule has 0 spiro atoms. The van der Waals surface area contributed by atoms with Crippen molar-refractivity contribution in [1.82, 2.24) is 19.5 Å². The molecule has 4 nitrogen and oxygen atoms in total. The Morgan fingerprint density at radius 2 is 2.10 bits per heavy atom. The van der Waals surface area contributed by atoms with E-state index in [1.54, 1.807) is 0 Å². The van der Waals surface area contributed by atoms with Gasteiger partial charge in [0.2, 0.25) is 0 Å². The van der Waals surface area contributed by atoms with Gasteiger partial charge in [-0.15, -0.1) is 0 Å². The van der Waals surface area contributed by atoms with Crippen LogP contribution in [-0.2, 0) is 0 Å². The summed E-state index contributed by atoms with van der Waals surface area (Å²) in [5.74, 6) is 2.10. The zero-order chi connectivity index (χ0) is 14.4. The molecule has 1 aliphatic carbocycles. The van der Waals surface area contributed by atoms with Gasteiger partial charge >= 0.3 is 0 Å². The molecule has 0 amide bonds. The molecule has 2 aromatic heterocycles. The van der Waals surface area contributed by atoms with Crippen LogP contribution in [0.25, 0.3) is 11.2 Å². The second-order valence-electron chi connectivity index (χ2n) is 6.00. The van der Waals surface area contributed by atoms with E-state index in [1.165, 1.54) is 5.57 Å². The first-order valence-electron chi connectivity index (χ1n) is 7.39. The zero-order valence-electron chi connectivity index (χ0n) is 12.7. The third-order valence-corrected chi connectivity index (χ3v) is 4.67. The number of aryl methyl sites for hydroxylation is 2. The number of hydrogen-bond donors (Lipinski definition) is 0. The minimum atomic E-state index is 0.327. The van der Waals surface area contributed by atoms with Gasteiger partial charge in [-0.25, -0.2) is 15.0 Å². The second-order valence-corrected chi connectivity index (χ2v) is 6.00. The average Bonchev–Trinajstić information content (AvgIpc) is 2.91. The molecular formula is C16H22N4. The molecule has 0 unspecified atom stereocenters. The minimum Gasteiger partial charge on any atom is -0.308 e. The van der Waals surface area contributed by atoms with Crippen LogP contribution in [0.2, 0.25) is 0 Å².